The normalized spacial score (nSPS) is 12.5. The predicted octanol–water partition coefficient (Wildman–Crippen LogP) is 2.88. The van der Waals surface area contributed by atoms with Gasteiger partial charge in [0.25, 0.3) is 0 Å². The van der Waals surface area contributed by atoms with Gasteiger partial charge in [0.1, 0.15) is 5.82 Å². The number of thiol groups is 1. The first-order valence-corrected chi connectivity index (χ1v) is 4.49. The number of hydrogen-bond donors (Lipinski definition) is 2. The average Bonchev–Trinajstić information content (AvgIpc) is 2.16. The van der Waals surface area contributed by atoms with Crippen LogP contribution >= 0.6 is 12.8 Å². The van der Waals surface area contributed by atoms with Crippen LogP contribution in [0.15, 0.2) is 36.9 Å². The number of nitrogens with one attached hydrogen (secondary N) is 1. The summed E-state index contributed by atoms with van der Waals surface area (Å²) < 4.78 is 16.0. The highest BCUT2D eigenvalue weighted by Crippen LogP contribution is 2.20. The Morgan fingerprint density at radius 2 is 2.23 bits per heavy atom. The number of hydrogen-bond acceptors (Lipinski definition) is 2. The molecule has 0 aliphatic rings. The summed E-state index contributed by atoms with van der Waals surface area (Å²) in [5, 5.41) is 0. The minimum Gasteiger partial charge on any atom is -0.259 e. The van der Waals surface area contributed by atoms with Crippen LogP contribution in [0, 0.1) is 5.82 Å². The summed E-state index contributed by atoms with van der Waals surface area (Å²) in [5.41, 5.74) is 0.623. The molecule has 0 spiro atoms. The third-order valence-corrected chi connectivity index (χ3v) is 2.15. The summed E-state index contributed by atoms with van der Waals surface area (Å²) in [7, 11) is 0. The molecule has 0 aliphatic heterocycles. The van der Waals surface area contributed by atoms with Gasteiger partial charge in [-0.2, -0.15) is 0 Å². The third kappa shape index (κ3) is 2.57. The lowest BCUT2D eigenvalue weighted by molar-refractivity contribution is 0.572. The maximum absolute atomic E-state index is 13.2. The second-order valence-electron chi connectivity index (χ2n) is 2.73. The molecule has 0 bridgehead atoms. The molecular formula is C10H12FNS. The molecule has 3 heteroatoms. The van der Waals surface area contributed by atoms with E-state index in [9.17, 15) is 4.39 Å². The van der Waals surface area contributed by atoms with Crippen molar-refractivity contribution in [1.29, 1.82) is 0 Å². The Labute approximate surface area is 83.2 Å². The minimum atomic E-state index is -0.212. The van der Waals surface area contributed by atoms with Crippen LogP contribution in [-0.2, 0) is 0 Å². The Hall–Kier alpha value is -0.800. The monoisotopic (exact) mass is 197 g/mol. The molecule has 0 heterocycles. The minimum absolute atomic E-state index is 0.109. The summed E-state index contributed by atoms with van der Waals surface area (Å²) in [4.78, 5) is 0. The molecule has 0 radical (unpaired) electrons. The topological polar surface area (TPSA) is 12.0 Å². The van der Waals surface area contributed by atoms with Crippen LogP contribution in [-0.4, -0.2) is 0 Å². The van der Waals surface area contributed by atoms with E-state index in [4.69, 9.17) is 0 Å². The molecule has 0 aliphatic carbocycles. The van der Waals surface area contributed by atoms with Gasteiger partial charge in [-0.05, 0) is 12.5 Å². The van der Waals surface area contributed by atoms with Gasteiger partial charge in [-0.25, -0.2) is 4.39 Å². The second-order valence-corrected chi connectivity index (χ2v) is 2.99. The van der Waals surface area contributed by atoms with Gasteiger partial charge in [0.15, 0.2) is 0 Å². The van der Waals surface area contributed by atoms with Crippen LogP contribution < -0.4 is 4.72 Å². The van der Waals surface area contributed by atoms with Crippen molar-refractivity contribution in [2.45, 2.75) is 12.5 Å². The Morgan fingerprint density at radius 1 is 1.54 bits per heavy atom. The molecule has 1 unspecified atom stereocenters. The van der Waals surface area contributed by atoms with E-state index in [2.05, 4.69) is 24.1 Å². The van der Waals surface area contributed by atoms with Crippen LogP contribution in [0.4, 0.5) is 4.39 Å². The molecule has 1 aromatic carbocycles. The molecule has 0 fully saturated rings. The lowest BCUT2D eigenvalue weighted by atomic mass is 10.0. The van der Waals surface area contributed by atoms with Gasteiger partial charge in [0, 0.05) is 11.6 Å². The first-order chi connectivity index (χ1) is 6.29. The Bertz CT molecular complexity index is 288. The Kier molecular flexibility index (Phi) is 3.99. The molecule has 1 N–H and O–H groups in total. The highest BCUT2D eigenvalue weighted by atomic mass is 32.1. The number of benzene rings is 1. The molecule has 1 aromatic rings. The van der Waals surface area contributed by atoms with Crippen molar-refractivity contribution >= 4 is 12.8 Å². The van der Waals surface area contributed by atoms with Crippen LogP contribution in [0.5, 0.6) is 0 Å². The van der Waals surface area contributed by atoms with Crippen molar-refractivity contribution in [3.8, 4) is 0 Å². The molecule has 1 rings (SSSR count). The summed E-state index contributed by atoms with van der Waals surface area (Å²) in [6.45, 7) is 3.61. The summed E-state index contributed by atoms with van der Waals surface area (Å²) in [6.07, 6.45) is 2.39. The molecule has 13 heavy (non-hydrogen) atoms. The molecule has 1 atom stereocenters. The van der Waals surface area contributed by atoms with Gasteiger partial charge in [-0.1, -0.05) is 37.1 Å². The van der Waals surface area contributed by atoms with Crippen molar-refractivity contribution < 1.29 is 4.39 Å². The fraction of sp³-hybridized carbons (Fsp3) is 0.200. The van der Waals surface area contributed by atoms with Gasteiger partial charge in [-0.15, -0.1) is 6.58 Å². The maximum atomic E-state index is 13.2. The van der Waals surface area contributed by atoms with Crippen LogP contribution in [0.3, 0.4) is 0 Å². The van der Waals surface area contributed by atoms with Crippen molar-refractivity contribution in [2.75, 3.05) is 0 Å². The van der Waals surface area contributed by atoms with E-state index in [1.54, 1.807) is 24.3 Å². The second kappa shape index (κ2) is 5.04. The van der Waals surface area contributed by atoms with E-state index < -0.39 is 0 Å². The first-order valence-electron chi connectivity index (χ1n) is 4.04. The molecule has 0 amide bonds. The highest BCUT2D eigenvalue weighted by Gasteiger charge is 2.11. The predicted molar refractivity (Wildman–Crippen MR) is 56.1 cm³/mol. The van der Waals surface area contributed by atoms with Crippen molar-refractivity contribution in [1.82, 2.24) is 4.72 Å². The van der Waals surface area contributed by atoms with E-state index in [1.165, 1.54) is 6.07 Å². The lowest BCUT2D eigenvalue weighted by Crippen LogP contribution is -2.12. The van der Waals surface area contributed by atoms with E-state index in [0.29, 0.717) is 12.0 Å². The largest absolute Gasteiger partial charge is 0.259 e. The summed E-state index contributed by atoms with van der Waals surface area (Å²) in [6, 6.07) is 6.55. The summed E-state index contributed by atoms with van der Waals surface area (Å²) >= 11 is 3.94. The average molecular weight is 197 g/mol. The fourth-order valence-electron chi connectivity index (χ4n) is 1.17. The van der Waals surface area contributed by atoms with Crippen LogP contribution in [0.25, 0.3) is 0 Å². The van der Waals surface area contributed by atoms with Gasteiger partial charge in [-0.3, -0.25) is 4.72 Å². The standard InChI is InChI=1S/C10H12FNS/c1-2-5-10(12-13)8-6-3-4-7-9(8)11/h2-4,6-7,10,12-13H,1,5H2. The number of halogens is 1. The van der Waals surface area contributed by atoms with Crippen LogP contribution in [0.1, 0.15) is 18.0 Å². The fourth-order valence-corrected chi connectivity index (χ4v) is 1.42. The maximum Gasteiger partial charge on any atom is 0.128 e. The highest BCUT2D eigenvalue weighted by molar-refractivity contribution is 7.78. The summed E-state index contributed by atoms with van der Waals surface area (Å²) in [5.74, 6) is -0.212. The first kappa shape index (κ1) is 10.3. The van der Waals surface area contributed by atoms with Gasteiger partial charge in [0.2, 0.25) is 0 Å². The SMILES string of the molecule is C=CCC(NS)c1ccccc1F. The lowest BCUT2D eigenvalue weighted by Gasteiger charge is -2.13. The van der Waals surface area contributed by atoms with Crippen molar-refractivity contribution in [3.05, 3.63) is 48.3 Å². The van der Waals surface area contributed by atoms with Gasteiger partial charge in [0.05, 0.1) is 0 Å². The molecule has 0 aromatic heterocycles. The zero-order valence-corrected chi connectivity index (χ0v) is 8.10. The Morgan fingerprint density at radius 3 is 2.77 bits per heavy atom. The quantitative estimate of drug-likeness (QED) is 0.558. The van der Waals surface area contributed by atoms with Crippen LogP contribution in [0.2, 0.25) is 0 Å². The molecule has 1 nitrogen and oxygen atoms in total. The van der Waals surface area contributed by atoms with Gasteiger partial charge < -0.3 is 0 Å². The van der Waals surface area contributed by atoms with Crippen molar-refractivity contribution in [2.24, 2.45) is 0 Å². The van der Waals surface area contributed by atoms with E-state index >= 15 is 0 Å². The molecule has 0 saturated heterocycles. The van der Waals surface area contributed by atoms with E-state index in [1.807, 2.05) is 0 Å². The third-order valence-electron chi connectivity index (χ3n) is 1.84. The molecule has 0 saturated carbocycles. The smallest absolute Gasteiger partial charge is 0.128 e. The van der Waals surface area contributed by atoms with E-state index in [-0.39, 0.29) is 11.9 Å². The zero-order chi connectivity index (χ0) is 9.68. The molecule has 70 valence electrons. The Balaban J connectivity index is 2.90. The number of rotatable bonds is 4. The van der Waals surface area contributed by atoms with Crippen molar-refractivity contribution in [3.63, 3.8) is 0 Å². The molecular weight excluding hydrogens is 185 g/mol. The van der Waals surface area contributed by atoms with Gasteiger partial charge >= 0.3 is 0 Å². The van der Waals surface area contributed by atoms with E-state index in [0.717, 1.165) is 0 Å². The zero-order valence-electron chi connectivity index (χ0n) is 7.20.